The van der Waals surface area contributed by atoms with E-state index < -0.39 is 5.97 Å². The van der Waals surface area contributed by atoms with Crippen molar-refractivity contribution in [2.75, 3.05) is 43.9 Å². The number of likely N-dealkylation sites (tertiary alicyclic amines) is 1. The molecule has 41 heavy (non-hydrogen) atoms. The molecule has 0 aliphatic carbocycles. The number of nitrogens with zero attached hydrogens (tertiary/aromatic N) is 1. The van der Waals surface area contributed by atoms with Crippen molar-refractivity contribution in [2.24, 2.45) is 0 Å². The Hall–Kier alpha value is -4.47. The number of aryl methyl sites for hydroxylation is 1. The standard InChI is InChI=1S/C32H34N4O5/c1-20-18-26-27(19-25(20)32(40)41-2)35-31(39)28(26)29(21-6-4-3-5-7-21)34-23-10-8-22(9-11-23)30(38)33-14-17-36-15-12-24(37)13-16-36/h3-11,18-19,24,34,37H,12-17H2,1-2H3,(H,33,38)(H,35,39). The Bertz CT molecular complexity index is 1480. The van der Waals surface area contributed by atoms with Crippen LogP contribution in [0, 0.1) is 6.92 Å². The number of hydrogen-bond donors (Lipinski definition) is 4. The molecule has 1 fully saturated rings. The molecule has 0 unspecified atom stereocenters. The normalized spacial score (nSPS) is 16.5. The van der Waals surface area contributed by atoms with Gasteiger partial charge in [0.1, 0.15) is 0 Å². The highest BCUT2D eigenvalue weighted by Gasteiger charge is 2.30. The Morgan fingerprint density at radius 3 is 2.41 bits per heavy atom. The number of amides is 2. The van der Waals surface area contributed by atoms with Gasteiger partial charge in [0, 0.05) is 43.0 Å². The summed E-state index contributed by atoms with van der Waals surface area (Å²) in [5.41, 5.74) is 5.44. The quantitative estimate of drug-likeness (QED) is 0.246. The fourth-order valence-corrected chi connectivity index (χ4v) is 5.21. The maximum Gasteiger partial charge on any atom is 0.338 e. The van der Waals surface area contributed by atoms with Gasteiger partial charge in [-0.2, -0.15) is 0 Å². The van der Waals surface area contributed by atoms with Crippen LogP contribution < -0.4 is 16.0 Å². The van der Waals surface area contributed by atoms with Gasteiger partial charge in [0.2, 0.25) is 0 Å². The number of anilines is 2. The summed E-state index contributed by atoms with van der Waals surface area (Å²) in [6.07, 6.45) is 1.32. The van der Waals surface area contributed by atoms with Crippen LogP contribution in [0.4, 0.5) is 11.4 Å². The molecule has 0 spiro atoms. The van der Waals surface area contributed by atoms with Crippen LogP contribution in [-0.4, -0.2) is 67.2 Å². The average molecular weight is 555 g/mol. The van der Waals surface area contributed by atoms with Crippen molar-refractivity contribution in [3.8, 4) is 0 Å². The fourth-order valence-electron chi connectivity index (χ4n) is 5.21. The lowest BCUT2D eigenvalue weighted by Gasteiger charge is -2.29. The number of nitrogens with one attached hydrogen (secondary N) is 3. The summed E-state index contributed by atoms with van der Waals surface area (Å²) < 4.78 is 4.89. The fraction of sp³-hybridized carbons (Fsp3) is 0.281. The van der Waals surface area contributed by atoms with E-state index in [-0.39, 0.29) is 17.9 Å². The topological polar surface area (TPSA) is 120 Å². The van der Waals surface area contributed by atoms with Crippen molar-refractivity contribution in [2.45, 2.75) is 25.9 Å². The van der Waals surface area contributed by atoms with Crippen molar-refractivity contribution in [1.82, 2.24) is 10.2 Å². The molecule has 2 aliphatic heterocycles. The van der Waals surface area contributed by atoms with Crippen LogP contribution in [0.15, 0.2) is 66.7 Å². The van der Waals surface area contributed by atoms with E-state index in [2.05, 4.69) is 20.9 Å². The Kier molecular flexibility index (Phi) is 8.47. The lowest BCUT2D eigenvalue weighted by atomic mass is 9.96. The van der Waals surface area contributed by atoms with Gasteiger partial charge in [-0.3, -0.25) is 9.59 Å². The molecule has 0 radical (unpaired) electrons. The van der Waals surface area contributed by atoms with Gasteiger partial charge in [-0.1, -0.05) is 30.3 Å². The third-order valence-electron chi connectivity index (χ3n) is 7.51. The van der Waals surface area contributed by atoms with Crippen LogP contribution >= 0.6 is 0 Å². The number of fused-ring (bicyclic) bond motifs is 1. The number of carbonyl (C=O) groups excluding carboxylic acids is 3. The number of benzene rings is 3. The van der Waals surface area contributed by atoms with E-state index in [1.54, 1.807) is 18.2 Å². The molecule has 3 aromatic rings. The number of piperidine rings is 1. The van der Waals surface area contributed by atoms with Gasteiger partial charge in [-0.25, -0.2) is 4.79 Å². The predicted molar refractivity (Wildman–Crippen MR) is 158 cm³/mol. The molecule has 0 atom stereocenters. The summed E-state index contributed by atoms with van der Waals surface area (Å²) in [6.45, 7) is 4.76. The summed E-state index contributed by atoms with van der Waals surface area (Å²) in [5.74, 6) is -0.906. The van der Waals surface area contributed by atoms with E-state index in [0.29, 0.717) is 51.4 Å². The minimum atomic E-state index is -0.464. The van der Waals surface area contributed by atoms with Gasteiger partial charge in [0.15, 0.2) is 0 Å². The first kappa shape index (κ1) is 28.1. The molecule has 3 aromatic carbocycles. The molecule has 2 heterocycles. The minimum Gasteiger partial charge on any atom is -0.465 e. The predicted octanol–water partition coefficient (Wildman–Crippen LogP) is 3.90. The number of aliphatic hydroxyl groups is 1. The molecule has 2 amide bonds. The number of hydrogen-bond acceptors (Lipinski definition) is 7. The molecule has 1 saturated heterocycles. The second-order valence-electron chi connectivity index (χ2n) is 10.3. The molecule has 9 nitrogen and oxygen atoms in total. The Morgan fingerprint density at radius 2 is 1.73 bits per heavy atom. The van der Waals surface area contributed by atoms with E-state index in [4.69, 9.17) is 4.74 Å². The molecule has 2 aliphatic rings. The summed E-state index contributed by atoms with van der Waals surface area (Å²) >= 11 is 0. The molecule has 5 rings (SSSR count). The second-order valence-corrected chi connectivity index (χ2v) is 10.3. The van der Waals surface area contributed by atoms with Crippen LogP contribution in [0.1, 0.15) is 50.2 Å². The van der Waals surface area contributed by atoms with Crippen molar-refractivity contribution in [1.29, 1.82) is 0 Å². The monoisotopic (exact) mass is 554 g/mol. The van der Waals surface area contributed by atoms with Crippen LogP contribution in [0.25, 0.3) is 11.3 Å². The van der Waals surface area contributed by atoms with Crippen molar-refractivity contribution in [3.05, 3.63) is 94.5 Å². The van der Waals surface area contributed by atoms with Gasteiger partial charge in [-0.15, -0.1) is 0 Å². The Labute approximate surface area is 239 Å². The van der Waals surface area contributed by atoms with E-state index in [1.165, 1.54) is 7.11 Å². The third-order valence-corrected chi connectivity index (χ3v) is 7.51. The SMILES string of the molecule is COC(=O)c1cc2c(cc1C)C(=C(Nc1ccc(C(=O)NCCN3CCC(O)CC3)cc1)c1ccccc1)C(=O)N2. The summed E-state index contributed by atoms with van der Waals surface area (Å²) in [7, 11) is 1.33. The van der Waals surface area contributed by atoms with Gasteiger partial charge in [0.05, 0.1) is 35.7 Å². The van der Waals surface area contributed by atoms with Crippen molar-refractivity contribution in [3.63, 3.8) is 0 Å². The molecule has 0 saturated carbocycles. The van der Waals surface area contributed by atoms with Gasteiger partial charge >= 0.3 is 5.97 Å². The second kappa shape index (κ2) is 12.4. The zero-order valence-corrected chi connectivity index (χ0v) is 23.2. The van der Waals surface area contributed by atoms with Crippen molar-refractivity contribution >= 4 is 40.4 Å². The molecular formula is C32H34N4O5. The van der Waals surface area contributed by atoms with Crippen LogP contribution in [0.3, 0.4) is 0 Å². The van der Waals surface area contributed by atoms with Crippen LogP contribution in [-0.2, 0) is 9.53 Å². The molecule has 0 bridgehead atoms. The zero-order chi connectivity index (χ0) is 28.9. The molecule has 0 aromatic heterocycles. The zero-order valence-electron chi connectivity index (χ0n) is 23.2. The minimum absolute atomic E-state index is 0.156. The summed E-state index contributed by atoms with van der Waals surface area (Å²) in [4.78, 5) is 40.5. The first-order valence-electron chi connectivity index (χ1n) is 13.7. The van der Waals surface area contributed by atoms with Crippen LogP contribution in [0.2, 0.25) is 0 Å². The van der Waals surface area contributed by atoms with Gasteiger partial charge in [-0.05, 0) is 67.3 Å². The highest BCUT2D eigenvalue weighted by Crippen LogP contribution is 2.39. The van der Waals surface area contributed by atoms with Crippen LogP contribution in [0.5, 0.6) is 0 Å². The number of rotatable bonds is 8. The van der Waals surface area contributed by atoms with Gasteiger partial charge in [0.25, 0.3) is 11.8 Å². The van der Waals surface area contributed by atoms with E-state index in [1.807, 2.05) is 55.5 Å². The van der Waals surface area contributed by atoms with E-state index >= 15 is 0 Å². The molecular weight excluding hydrogens is 520 g/mol. The van der Waals surface area contributed by atoms with E-state index in [9.17, 15) is 19.5 Å². The lowest BCUT2D eigenvalue weighted by Crippen LogP contribution is -2.40. The third kappa shape index (κ3) is 6.32. The Morgan fingerprint density at radius 1 is 1.02 bits per heavy atom. The number of carbonyl (C=O) groups is 3. The first-order valence-corrected chi connectivity index (χ1v) is 13.7. The average Bonchev–Trinajstić information content (AvgIpc) is 3.30. The number of esters is 1. The highest BCUT2D eigenvalue weighted by molar-refractivity contribution is 6.37. The number of methoxy groups -OCH3 is 1. The maximum absolute atomic E-state index is 13.3. The largest absolute Gasteiger partial charge is 0.465 e. The van der Waals surface area contributed by atoms with E-state index in [0.717, 1.165) is 38.0 Å². The first-order chi connectivity index (χ1) is 19.8. The highest BCUT2D eigenvalue weighted by atomic mass is 16.5. The molecule has 9 heteroatoms. The lowest BCUT2D eigenvalue weighted by molar-refractivity contribution is -0.110. The smallest absolute Gasteiger partial charge is 0.338 e. The number of ether oxygens (including phenoxy) is 1. The summed E-state index contributed by atoms with van der Waals surface area (Å²) in [5, 5.41) is 18.9. The molecule has 212 valence electrons. The van der Waals surface area contributed by atoms with Gasteiger partial charge < -0.3 is 30.7 Å². The summed E-state index contributed by atoms with van der Waals surface area (Å²) in [6, 6.07) is 20.1. The maximum atomic E-state index is 13.3. The Balaban J connectivity index is 1.36. The van der Waals surface area contributed by atoms with Crippen molar-refractivity contribution < 1.29 is 24.2 Å². The molecule has 4 N–H and O–H groups in total. The number of aliphatic hydroxyl groups excluding tert-OH is 1.